The molecule has 2 atom stereocenters. The van der Waals surface area contributed by atoms with E-state index in [2.05, 4.69) is 11.6 Å². The molecule has 0 radical (unpaired) electrons. The summed E-state index contributed by atoms with van der Waals surface area (Å²) in [6, 6.07) is 10.0. The number of pyridine rings is 1. The van der Waals surface area contributed by atoms with Crippen molar-refractivity contribution in [2.75, 3.05) is 0 Å². The minimum absolute atomic E-state index is 0.0333. The number of esters is 1. The van der Waals surface area contributed by atoms with Crippen molar-refractivity contribution in [1.82, 2.24) is 14.5 Å². The molecule has 0 spiro atoms. The second-order valence-electron chi connectivity index (χ2n) is 7.80. The quantitative estimate of drug-likeness (QED) is 0.603. The standard InChI is InChI=1S/C24H24FN3O3/c1-15(2)24-27-22(16-7-10-26-11-8-16)23(17-3-5-18(25)6-4-17)28(24)12-9-20-13-19(29)14-21(30)31-20/h3-8,10-11,19-20,29H,1,9,12-14H2,2H3/t19-,20-/m1/s1. The minimum Gasteiger partial charge on any atom is -0.462 e. The van der Waals surface area contributed by atoms with Gasteiger partial charge in [-0.25, -0.2) is 9.37 Å². The van der Waals surface area contributed by atoms with E-state index in [1.165, 1.54) is 12.1 Å². The van der Waals surface area contributed by atoms with Gasteiger partial charge in [-0.2, -0.15) is 0 Å². The number of allylic oxidation sites excluding steroid dienone is 1. The first-order valence-corrected chi connectivity index (χ1v) is 10.2. The van der Waals surface area contributed by atoms with Gasteiger partial charge < -0.3 is 14.4 Å². The van der Waals surface area contributed by atoms with E-state index >= 15 is 0 Å². The molecule has 1 fully saturated rings. The van der Waals surface area contributed by atoms with E-state index in [9.17, 15) is 14.3 Å². The Kier molecular flexibility index (Phi) is 5.95. The summed E-state index contributed by atoms with van der Waals surface area (Å²) in [5.41, 5.74) is 4.05. The Labute approximate surface area is 180 Å². The number of aliphatic hydroxyl groups is 1. The summed E-state index contributed by atoms with van der Waals surface area (Å²) in [6.45, 7) is 6.46. The van der Waals surface area contributed by atoms with Crippen LogP contribution in [0.5, 0.6) is 0 Å². The molecule has 31 heavy (non-hydrogen) atoms. The summed E-state index contributed by atoms with van der Waals surface area (Å²) in [7, 11) is 0. The van der Waals surface area contributed by atoms with Crippen molar-refractivity contribution in [1.29, 1.82) is 0 Å². The van der Waals surface area contributed by atoms with Crippen molar-refractivity contribution < 1.29 is 19.0 Å². The molecule has 0 amide bonds. The highest BCUT2D eigenvalue weighted by Gasteiger charge is 2.28. The van der Waals surface area contributed by atoms with Crippen LogP contribution >= 0.6 is 0 Å². The van der Waals surface area contributed by atoms with Crippen LogP contribution in [0.15, 0.2) is 55.4 Å². The normalized spacial score (nSPS) is 18.6. The molecule has 7 heteroatoms. The van der Waals surface area contributed by atoms with Crippen molar-refractivity contribution >= 4 is 11.5 Å². The number of benzene rings is 1. The summed E-state index contributed by atoms with van der Waals surface area (Å²) >= 11 is 0. The molecule has 160 valence electrons. The molecule has 1 aliphatic rings. The number of imidazole rings is 1. The third-order valence-electron chi connectivity index (χ3n) is 5.33. The lowest BCUT2D eigenvalue weighted by Gasteiger charge is -2.26. The zero-order valence-electron chi connectivity index (χ0n) is 17.3. The second-order valence-corrected chi connectivity index (χ2v) is 7.80. The van der Waals surface area contributed by atoms with Gasteiger partial charge in [0.15, 0.2) is 0 Å². The van der Waals surface area contributed by atoms with E-state index in [0.717, 1.165) is 28.1 Å². The average molecular weight is 421 g/mol. The van der Waals surface area contributed by atoms with E-state index in [4.69, 9.17) is 9.72 Å². The molecule has 1 aromatic carbocycles. The molecule has 3 heterocycles. The SMILES string of the molecule is C=C(C)c1nc(-c2ccncc2)c(-c2ccc(F)cc2)n1CC[C@@H]1C[C@@H](O)CC(=O)O1. The highest BCUT2D eigenvalue weighted by molar-refractivity contribution is 5.81. The lowest BCUT2D eigenvalue weighted by atomic mass is 10.0. The van der Waals surface area contributed by atoms with E-state index in [-0.39, 0.29) is 24.3 Å². The van der Waals surface area contributed by atoms with Crippen LogP contribution in [0.3, 0.4) is 0 Å². The monoisotopic (exact) mass is 421 g/mol. The van der Waals surface area contributed by atoms with Crippen LogP contribution in [0.2, 0.25) is 0 Å². The first-order valence-electron chi connectivity index (χ1n) is 10.2. The Balaban J connectivity index is 1.78. The second kappa shape index (κ2) is 8.81. The van der Waals surface area contributed by atoms with Crippen LogP contribution < -0.4 is 0 Å². The first kappa shape index (κ1) is 20.9. The molecule has 3 aromatic rings. The van der Waals surface area contributed by atoms with Gasteiger partial charge in [-0.1, -0.05) is 6.58 Å². The fourth-order valence-electron chi connectivity index (χ4n) is 3.92. The van der Waals surface area contributed by atoms with Gasteiger partial charge in [0.2, 0.25) is 0 Å². The number of aliphatic hydroxyl groups excluding tert-OH is 1. The maximum absolute atomic E-state index is 13.6. The number of aromatic nitrogens is 3. The fraction of sp³-hybridized carbons (Fsp3) is 0.292. The molecule has 4 rings (SSSR count). The Bertz CT molecular complexity index is 1090. The van der Waals surface area contributed by atoms with E-state index < -0.39 is 6.10 Å². The first-order chi connectivity index (χ1) is 14.9. The molecule has 6 nitrogen and oxygen atoms in total. The number of nitrogens with zero attached hydrogens (tertiary/aromatic N) is 3. The fourth-order valence-corrected chi connectivity index (χ4v) is 3.92. The largest absolute Gasteiger partial charge is 0.462 e. The van der Waals surface area contributed by atoms with Gasteiger partial charge in [0, 0.05) is 42.9 Å². The molecular formula is C24H24FN3O3. The van der Waals surface area contributed by atoms with Crippen molar-refractivity contribution in [2.45, 2.75) is 44.9 Å². The van der Waals surface area contributed by atoms with Crippen LogP contribution in [0.4, 0.5) is 4.39 Å². The maximum atomic E-state index is 13.6. The molecule has 0 aliphatic carbocycles. The summed E-state index contributed by atoms with van der Waals surface area (Å²) in [4.78, 5) is 20.7. The predicted molar refractivity (Wildman–Crippen MR) is 115 cm³/mol. The molecule has 1 N–H and O–H groups in total. The van der Waals surface area contributed by atoms with E-state index in [1.807, 2.05) is 23.6 Å². The number of carbonyl (C=O) groups is 1. The maximum Gasteiger partial charge on any atom is 0.308 e. The summed E-state index contributed by atoms with van der Waals surface area (Å²) in [6.07, 6.45) is 3.31. The Morgan fingerprint density at radius 3 is 2.58 bits per heavy atom. The van der Waals surface area contributed by atoms with Gasteiger partial charge in [0.25, 0.3) is 0 Å². The zero-order chi connectivity index (χ0) is 22.0. The smallest absolute Gasteiger partial charge is 0.308 e. The van der Waals surface area contributed by atoms with Crippen LogP contribution in [0.1, 0.15) is 32.0 Å². The van der Waals surface area contributed by atoms with Crippen LogP contribution in [-0.2, 0) is 16.1 Å². The van der Waals surface area contributed by atoms with Gasteiger partial charge >= 0.3 is 5.97 Å². The predicted octanol–water partition coefficient (Wildman–Crippen LogP) is 4.24. The van der Waals surface area contributed by atoms with E-state index in [0.29, 0.717) is 25.2 Å². The molecule has 2 aromatic heterocycles. The number of cyclic esters (lactones) is 1. The number of carbonyl (C=O) groups excluding carboxylic acids is 1. The molecular weight excluding hydrogens is 397 g/mol. The van der Waals surface area contributed by atoms with Gasteiger partial charge in [-0.15, -0.1) is 0 Å². The molecule has 1 saturated heterocycles. The molecule has 0 unspecified atom stereocenters. The van der Waals surface area contributed by atoms with Crippen molar-refractivity contribution in [3.63, 3.8) is 0 Å². The lowest BCUT2D eigenvalue weighted by Crippen LogP contribution is -2.33. The van der Waals surface area contributed by atoms with Gasteiger partial charge in [0.1, 0.15) is 17.7 Å². The number of hydrogen-bond donors (Lipinski definition) is 1. The minimum atomic E-state index is -0.682. The Morgan fingerprint density at radius 2 is 1.94 bits per heavy atom. The highest BCUT2D eigenvalue weighted by atomic mass is 19.1. The Morgan fingerprint density at radius 1 is 1.23 bits per heavy atom. The number of halogens is 1. The highest BCUT2D eigenvalue weighted by Crippen LogP contribution is 2.35. The molecule has 0 bridgehead atoms. The third kappa shape index (κ3) is 4.56. The number of hydrogen-bond acceptors (Lipinski definition) is 5. The van der Waals surface area contributed by atoms with Gasteiger partial charge in [-0.05, 0) is 48.9 Å². The average Bonchev–Trinajstić information content (AvgIpc) is 3.12. The zero-order valence-corrected chi connectivity index (χ0v) is 17.3. The topological polar surface area (TPSA) is 77.2 Å². The van der Waals surface area contributed by atoms with Crippen molar-refractivity contribution in [2.24, 2.45) is 0 Å². The Hall–Kier alpha value is -3.32. The number of ether oxygens (including phenoxy) is 1. The summed E-state index contributed by atoms with van der Waals surface area (Å²) in [5.74, 6) is 0.00284. The summed E-state index contributed by atoms with van der Waals surface area (Å²) in [5, 5.41) is 9.93. The van der Waals surface area contributed by atoms with Gasteiger partial charge in [0.05, 0.1) is 23.9 Å². The van der Waals surface area contributed by atoms with Crippen molar-refractivity contribution in [3.05, 3.63) is 67.0 Å². The number of rotatable bonds is 6. The van der Waals surface area contributed by atoms with Crippen LogP contribution in [-0.4, -0.2) is 37.8 Å². The van der Waals surface area contributed by atoms with E-state index in [1.54, 1.807) is 24.5 Å². The van der Waals surface area contributed by atoms with Crippen molar-refractivity contribution in [3.8, 4) is 22.5 Å². The molecule has 0 saturated carbocycles. The lowest BCUT2D eigenvalue weighted by molar-refractivity contribution is -0.160. The van der Waals surface area contributed by atoms with Gasteiger partial charge in [-0.3, -0.25) is 9.78 Å². The third-order valence-corrected chi connectivity index (χ3v) is 5.33. The summed E-state index contributed by atoms with van der Waals surface area (Å²) < 4.78 is 21.1. The molecule has 1 aliphatic heterocycles. The van der Waals surface area contributed by atoms with Crippen LogP contribution in [0.25, 0.3) is 28.1 Å². The van der Waals surface area contributed by atoms with Crippen LogP contribution in [0, 0.1) is 5.82 Å².